The van der Waals surface area contributed by atoms with E-state index in [4.69, 9.17) is 9.84 Å². The van der Waals surface area contributed by atoms with Crippen molar-refractivity contribution in [1.82, 2.24) is 5.32 Å². The quantitative estimate of drug-likeness (QED) is 0.608. The van der Waals surface area contributed by atoms with Gasteiger partial charge >= 0.3 is 5.97 Å². The minimum Gasteiger partial charge on any atom is -0.494 e. The van der Waals surface area contributed by atoms with E-state index in [2.05, 4.69) is 5.32 Å². The van der Waals surface area contributed by atoms with Gasteiger partial charge in [-0.2, -0.15) is 0 Å². The molecule has 2 aromatic carbocycles. The Morgan fingerprint density at radius 3 is 2.64 bits per heavy atom. The summed E-state index contributed by atoms with van der Waals surface area (Å²) in [4.78, 5) is 33.6. The van der Waals surface area contributed by atoms with Crippen LogP contribution in [0.2, 0.25) is 0 Å². The fourth-order valence-electron chi connectivity index (χ4n) is 2.41. The van der Waals surface area contributed by atoms with E-state index >= 15 is 0 Å². The van der Waals surface area contributed by atoms with Gasteiger partial charge in [-0.1, -0.05) is 18.2 Å². The molecule has 128 valence electrons. The number of hydrogen-bond donors (Lipinski definition) is 2. The van der Waals surface area contributed by atoms with E-state index in [1.807, 2.05) is 36.4 Å². The molecule has 3 rings (SSSR count). The zero-order valence-corrected chi connectivity index (χ0v) is 14.0. The molecule has 0 unspecified atom stereocenters. The van der Waals surface area contributed by atoms with Gasteiger partial charge in [-0.25, -0.2) is 0 Å². The summed E-state index contributed by atoms with van der Waals surface area (Å²) in [5.74, 6) is -0.528. The molecule has 0 aliphatic carbocycles. The molecule has 6 nitrogen and oxygen atoms in total. The molecule has 1 aliphatic heterocycles. The standard InChI is InChI=1S/C18H15NO5S/c20-16(21)2-1-7-24-14-6-5-12-8-11(3-4-13(12)10-14)9-15-17(22)19-18(23)25-15/h3-6,8-10H,1-2,7H2,(H,20,21)(H,19,22,23). The van der Waals surface area contributed by atoms with Crippen LogP contribution >= 0.6 is 11.8 Å². The van der Waals surface area contributed by atoms with Crippen molar-refractivity contribution in [3.05, 3.63) is 46.9 Å². The molecule has 2 N–H and O–H groups in total. The van der Waals surface area contributed by atoms with Gasteiger partial charge in [-0.05, 0) is 58.8 Å². The molecule has 25 heavy (non-hydrogen) atoms. The van der Waals surface area contributed by atoms with Crippen LogP contribution in [0, 0.1) is 0 Å². The lowest BCUT2D eigenvalue weighted by Gasteiger charge is -2.07. The molecule has 0 radical (unpaired) electrons. The largest absolute Gasteiger partial charge is 0.494 e. The van der Waals surface area contributed by atoms with Gasteiger partial charge in [-0.15, -0.1) is 0 Å². The predicted molar refractivity (Wildman–Crippen MR) is 95.4 cm³/mol. The molecular formula is C18H15NO5S. The molecule has 1 fully saturated rings. The number of carbonyl (C=O) groups is 3. The summed E-state index contributed by atoms with van der Waals surface area (Å²) in [7, 11) is 0. The third kappa shape index (κ3) is 4.39. The molecule has 1 heterocycles. The summed E-state index contributed by atoms with van der Waals surface area (Å²) >= 11 is 0.889. The van der Waals surface area contributed by atoms with Crippen LogP contribution in [0.15, 0.2) is 41.3 Å². The van der Waals surface area contributed by atoms with Crippen LogP contribution in [-0.4, -0.2) is 28.8 Å². The van der Waals surface area contributed by atoms with E-state index in [1.54, 1.807) is 6.08 Å². The second-order valence-electron chi connectivity index (χ2n) is 5.47. The van der Waals surface area contributed by atoms with E-state index in [0.29, 0.717) is 23.7 Å². The number of hydrogen-bond acceptors (Lipinski definition) is 5. The van der Waals surface area contributed by atoms with Crippen LogP contribution < -0.4 is 10.1 Å². The van der Waals surface area contributed by atoms with Crippen molar-refractivity contribution >= 4 is 45.7 Å². The van der Waals surface area contributed by atoms with Gasteiger partial charge in [-0.3, -0.25) is 19.7 Å². The van der Waals surface area contributed by atoms with Gasteiger partial charge in [0.2, 0.25) is 0 Å². The Kier molecular flexibility index (Phi) is 5.04. The summed E-state index contributed by atoms with van der Waals surface area (Å²) < 4.78 is 5.56. The second kappa shape index (κ2) is 7.40. The summed E-state index contributed by atoms with van der Waals surface area (Å²) in [6, 6.07) is 11.3. The van der Waals surface area contributed by atoms with Gasteiger partial charge in [0.1, 0.15) is 5.75 Å². The van der Waals surface area contributed by atoms with Crippen LogP contribution in [0.3, 0.4) is 0 Å². The van der Waals surface area contributed by atoms with Crippen LogP contribution in [0.5, 0.6) is 5.75 Å². The summed E-state index contributed by atoms with van der Waals surface area (Å²) in [6.45, 7) is 0.350. The predicted octanol–water partition coefficient (Wildman–Crippen LogP) is 3.41. The van der Waals surface area contributed by atoms with Gasteiger partial charge in [0.25, 0.3) is 11.1 Å². The topological polar surface area (TPSA) is 92.7 Å². The molecule has 0 atom stereocenters. The molecule has 1 saturated heterocycles. The summed E-state index contributed by atoms with van der Waals surface area (Å²) in [5.41, 5.74) is 0.829. The molecule has 0 bridgehead atoms. The number of amides is 2. The Hall–Kier alpha value is -2.80. The fourth-order valence-corrected chi connectivity index (χ4v) is 3.09. The van der Waals surface area contributed by atoms with E-state index < -0.39 is 5.97 Å². The Morgan fingerprint density at radius 2 is 1.92 bits per heavy atom. The number of carbonyl (C=O) groups excluding carboxylic acids is 2. The summed E-state index contributed by atoms with van der Waals surface area (Å²) in [6.07, 6.45) is 2.22. The number of imide groups is 1. The van der Waals surface area contributed by atoms with Crippen molar-refractivity contribution < 1.29 is 24.2 Å². The highest BCUT2D eigenvalue weighted by atomic mass is 32.2. The molecule has 1 aliphatic rings. The van der Waals surface area contributed by atoms with E-state index in [1.165, 1.54) is 0 Å². The number of carboxylic acid groups (broad SMARTS) is 1. The number of carboxylic acids is 1. The first-order chi connectivity index (χ1) is 12.0. The molecule has 0 aromatic heterocycles. The molecule has 2 amide bonds. The minimum atomic E-state index is -0.834. The highest BCUT2D eigenvalue weighted by Gasteiger charge is 2.24. The lowest BCUT2D eigenvalue weighted by molar-refractivity contribution is -0.137. The SMILES string of the molecule is O=C(O)CCCOc1ccc2cc(C=C3SC(=O)NC3=O)ccc2c1. The number of nitrogens with one attached hydrogen (secondary N) is 1. The third-order valence-electron chi connectivity index (χ3n) is 3.58. The van der Waals surface area contributed by atoms with Crippen molar-refractivity contribution in [1.29, 1.82) is 0 Å². The van der Waals surface area contributed by atoms with Crippen LogP contribution in [0.4, 0.5) is 4.79 Å². The van der Waals surface area contributed by atoms with Crippen molar-refractivity contribution in [2.24, 2.45) is 0 Å². The lowest BCUT2D eigenvalue weighted by Crippen LogP contribution is -2.17. The van der Waals surface area contributed by atoms with E-state index in [9.17, 15) is 14.4 Å². The molecule has 7 heteroatoms. The summed E-state index contributed by atoms with van der Waals surface area (Å²) in [5, 5.41) is 12.4. The Balaban J connectivity index is 1.73. The van der Waals surface area contributed by atoms with Crippen molar-refractivity contribution in [3.8, 4) is 5.75 Å². The Labute approximate surface area is 147 Å². The molecule has 0 saturated carbocycles. The van der Waals surface area contributed by atoms with E-state index in [0.717, 1.165) is 28.1 Å². The van der Waals surface area contributed by atoms with Gasteiger partial charge in [0.15, 0.2) is 0 Å². The average molecular weight is 357 g/mol. The van der Waals surface area contributed by atoms with Gasteiger partial charge in [0, 0.05) is 6.42 Å². The molecule has 2 aromatic rings. The zero-order valence-electron chi connectivity index (χ0n) is 13.2. The number of thioether (sulfide) groups is 1. The number of ether oxygens (including phenoxy) is 1. The average Bonchev–Trinajstić information content (AvgIpc) is 2.89. The van der Waals surface area contributed by atoms with Crippen LogP contribution in [0.25, 0.3) is 16.8 Å². The van der Waals surface area contributed by atoms with E-state index in [-0.39, 0.29) is 17.6 Å². The zero-order chi connectivity index (χ0) is 17.8. The normalized spacial score (nSPS) is 15.6. The maximum atomic E-state index is 11.6. The molecule has 0 spiro atoms. The molecular weight excluding hydrogens is 342 g/mol. The highest BCUT2D eigenvalue weighted by molar-refractivity contribution is 8.18. The van der Waals surface area contributed by atoms with Crippen LogP contribution in [0.1, 0.15) is 18.4 Å². The van der Waals surface area contributed by atoms with Gasteiger partial charge < -0.3 is 9.84 Å². The first-order valence-corrected chi connectivity index (χ1v) is 8.46. The lowest BCUT2D eigenvalue weighted by atomic mass is 10.1. The Morgan fingerprint density at radius 1 is 1.16 bits per heavy atom. The fraction of sp³-hybridized carbons (Fsp3) is 0.167. The Bertz CT molecular complexity index is 890. The van der Waals surface area contributed by atoms with Crippen molar-refractivity contribution in [2.75, 3.05) is 6.61 Å². The first kappa shape index (κ1) is 17.0. The van der Waals surface area contributed by atoms with Crippen molar-refractivity contribution in [3.63, 3.8) is 0 Å². The third-order valence-corrected chi connectivity index (χ3v) is 4.39. The number of aliphatic carboxylic acids is 1. The number of benzene rings is 2. The minimum absolute atomic E-state index is 0.0830. The smallest absolute Gasteiger partial charge is 0.303 e. The van der Waals surface area contributed by atoms with Crippen LogP contribution in [-0.2, 0) is 9.59 Å². The van der Waals surface area contributed by atoms with Crippen molar-refractivity contribution in [2.45, 2.75) is 12.8 Å². The monoisotopic (exact) mass is 357 g/mol. The van der Waals surface area contributed by atoms with Gasteiger partial charge in [0.05, 0.1) is 11.5 Å². The highest BCUT2D eigenvalue weighted by Crippen LogP contribution is 2.28. The number of rotatable bonds is 6. The second-order valence-corrected chi connectivity index (χ2v) is 6.48. The maximum Gasteiger partial charge on any atom is 0.303 e. The maximum absolute atomic E-state index is 11.6. The first-order valence-electron chi connectivity index (χ1n) is 7.64. The number of fused-ring (bicyclic) bond motifs is 1.